The van der Waals surface area contributed by atoms with E-state index in [4.69, 9.17) is 29.1 Å². The summed E-state index contributed by atoms with van der Waals surface area (Å²) < 4.78 is 40.8. The van der Waals surface area contributed by atoms with Gasteiger partial charge in [0.15, 0.2) is 0 Å². The van der Waals surface area contributed by atoms with Crippen LogP contribution in [0.1, 0.15) is 121 Å². The molecule has 0 radical (unpaired) electrons. The average Bonchev–Trinajstić information content (AvgIpc) is 3.69. The third kappa shape index (κ3) is 9.61. The molecule has 13 nitrogen and oxygen atoms in total. The summed E-state index contributed by atoms with van der Waals surface area (Å²) in [7, 11) is 0. The number of fused-ring (bicyclic) bond motifs is 1. The Hall–Kier alpha value is -4.36. The lowest BCUT2D eigenvalue weighted by molar-refractivity contribution is -0.145. The van der Waals surface area contributed by atoms with Gasteiger partial charge in [-0.25, -0.2) is 18.8 Å². The predicted molar refractivity (Wildman–Crippen MR) is 191 cm³/mol. The zero-order valence-corrected chi connectivity index (χ0v) is 31.4. The van der Waals surface area contributed by atoms with Crippen LogP contribution in [-0.2, 0) is 28.5 Å². The maximum atomic E-state index is 14.8. The van der Waals surface area contributed by atoms with Crippen molar-refractivity contribution < 1.29 is 51.7 Å². The molecule has 2 saturated carbocycles. The Morgan fingerprint density at radius 2 is 1.66 bits per heavy atom. The molecule has 1 aromatic carbocycles. The molecule has 2 unspecified atom stereocenters. The van der Waals surface area contributed by atoms with E-state index < -0.39 is 73.3 Å². The van der Waals surface area contributed by atoms with Crippen molar-refractivity contribution in [1.29, 1.82) is 0 Å². The molecule has 2 aromatic rings. The highest BCUT2D eigenvalue weighted by molar-refractivity contribution is 5.98. The smallest absolute Gasteiger partial charge is 0.449 e. The molecule has 5 rings (SSSR count). The molecule has 1 aromatic heterocycles. The van der Waals surface area contributed by atoms with Crippen molar-refractivity contribution in [1.82, 2.24) is 10.2 Å². The molecule has 2 heterocycles. The van der Waals surface area contributed by atoms with Gasteiger partial charge < -0.3 is 39.3 Å². The minimum absolute atomic E-state index is 0.149. The van der Waals surface area contributed by atoms with E-state index in [1.54, 1.807) is 63.8 Å². The average molecular weight is 744 g/mol. The summed E-state index contributed by atoms with van der Waals surface area (Å²) in [6.45, 7) is 7.00. The van der Waals surface area contributed by atoms with E-state index in [1.165, 1.54) is 0 Å². The SMILES string of the molecule is CC(C)OC(=O)OCOC(=O)c1oc2ccccc2c1C1C[C@@H](C2CCCCC2)[C@@H](C(N)=O)N1C(=O)C1CCC(C(CF)NC(=O)OC(C)(C)C)CC1. The van der Waals surface area contributed by atoms with Gasteiger partial charge in [0.25, 0.3) is 0 Å². The molecule has 3 amide bonds. The van der Waals surface area contributed by atoms with E-state index in [-0.39, 0.29) is 29.4 Å². The van der Waals surface area contributed by atoms with Gasteiger partial charge in [0.05, 0.1) is 18.2 Å². The molecule has 292 valence electrons. The third-order valence-electron chi connectivity index (χ3n) is 10.7. The van der Waals surface area contributed by atoms with Crippen LogP contribution >= 0.6 is 0 Å². The molecule has 3 fully saturated rings. The number of nitrogens with two attached hydrogens (primary N) is 1. The second kappa shape index (κ2) is 17.2. The first kappa shape index (κ1) is 39.8. The fourth-order valence-electron chi connectivity index (χ4n) is 8.50. The molecule has 14 heteroatoms. The highest BCUT2D eigenvalue weighted by Crippen LogP contribution is 2.51. The predicted octanol–water partition coefficient (Wildman–Crippen LogP) is 7.10. The van der Waals surface area contributed by atoms with E-state index in [1.807, 2.05) is 0 Å². The van der Waals surface area contributed by atoms with E-state index in [0.717, 1.165) is 32.1 Å². The number of alkyl halides is 1. The molecular weight excluding hydrogens is 689 g/mol. The molecule has 2 aliphatic carbocycles. The van der Waals surface area contributed by atoms with Crippen LogP contribution in [0.4, 0.5) is 14.0 Å². The largest absolute Gasteiger partial charge is 0.511 e. The number of ether oxygens (including phenoxy) is 4. The topological polar surface area (TPSA) is 177 Å². The van der Waals surface area contributed by atoms with Crippen molar-refractivity contribution in [2.45, 2.75) is 129 Å². The fraction of sp³-hybridized carbons (Fsp3) is 0.667. The molecule has 0 spiro atoms. The summed E-state index contributed by atoms with van der Waals surface area (Å²) in [5.74, 6) is -2.77. The number of primary amides is 1. The molecule has 1 saturated heterocycles. The van der Waals surface area contributed by atoms with E-state index in [0.29, 0.717) is 48.6 Å². The lowest BCUT2D eigenvalue weighted by atomic mass is 9.75. The highest BCUT2D eigenvalue weighted by atomic mass is 19.1. The number of nitrogens with zero attached hydrogens (tertiary/aromatic N) is 1. The number of alkyl carbamates (subject to hydrolysis) is 1. The van der Waals surface area contributed by atoms with Gasteiger partial charge >= 0.3 is 18.2 Å². The van der Waals surface area contributed by atoms with E-state index >= 15 is 0 Å². The number of halogens is 1. The third-order valence-corrected chi connectivity index (χ3v) is 10.7. The van der Waals surface area contributed by atoms with E-state index in [9.17, 15) is 28.4 Å². The van der Waals surface area contributed by atoms with Crippen LogP contribution in [0.25, 0.3) is 11.0 Å². The molecule has 53 heavy (non-hydrogen) atoms. The number of hydrogen-bond acceptors (Lipinski definition) is 10. The number of furan rings is 1. The van der Waals surface area contributed by atoms with Crippen molar-refractivity contribution in [2.24, 2.45) is 29.4 Å². The standard InChI is InChI=1S/C39H54FN3O10/c1-22(2)51-38(48)50-21-49-36(46)33-31(26-13-9-10-14-30(26)52-33)29-19-27(23-11-7-6-8-12-23)32(34(41)44)43(29)35(45)25-17-15-24(16-18-25)28(20-40)42-37(47)53-39(3,4)5/h9-10,13-14,22-25,27-29,32H,6-8,11-12,15-21H2,1-5H3,(H2,41,44)(H,42,47)/t24?,25?,27-,28?,29?,32-/m0/s1. The number of rotatable bonds is 11. The number of benzene rings is 1. The fourth-order valence-corrected chi connectivity index (χ4v) is 8.50. The van der Waals surface area contributed by atoms with Crippen molar-refractivity contribution in [2.75, 3.05) is 13.5 Å². The van der Waals surface area contributed by atoms with Gasteiger partial charge in [0.2, 0.25) is 24.4 Å². The maximum Gasteiger partial charge on any atom is 0.511 e. The maximum absolute atomic E-state index is 14.8. The summed E-state index contributed by atoms with van der Waals surface area (Å²) in [6, 6.07) is 4.59. The number of carbonyl (C=O) groups is 5. The van der Waals surface area contributed by atoms with Crippen molar-refractivity contribution in [3.05, 3.63) is 35.6 Å². The quantitative estimate of drug-likeness (QED) is 0.137. The molecule has 4 atom stereocenters. The number of amides is 3. The first-order valence-electron chi connectivity index (χ1n) is 18.9. The lowest BCUT2D eigenvalue weighted by Gasteiger charge is -2.38. The molecule has 1 aliphatic heterocycles. The zero-order valence-electron chi connectivity index (χ0n) is 31.4. The minimum Gasteiger partial charge on any atom is -0.449 e. The van der Waals surface area contributed by atoms with Gasteiger partial charge in [0, 0.05) is 16.9 Å². The van der Waals surface area contributed by atoms with Gasteiger partial charge in [-0.15, -0.1) is 0 Å². The van der Waals surface area contributed by atoms with Gasteiger partial charge in [-0.2, -0.15) is 0 Å². The number of esters is 1. The van der Waals surface area contributed by atoms with Gasteiger partial charge in [0.1, 0.15) is 23.9 Å². The van der Waals surface area contributed by atoms with Crippen LogP contribution in [0, 0.1) is 23.7 Å². The Bertz CT molecular complexity index is 1620. The Labute approximate surface area is 309 Å². The summed E-state index contributed by atoms with van der Waals surface area (Å²) in [5, 5.41) is 3.24. The summed E-state index contributed by atoms with van der Waals surface area (Å²) in [5.41, 5.74) is 6.23. The van der Waals surface area contributed by atoms with Crippen LogP contribution in [0.3, 0.4) is 0 Å². The normalized spacial score (nSPS) is 24.4. The van der Waals surface area contributed by atoms with Crippen molar-refractivity contribution in [3.63, 3.8) is 0 Å². The Morgan fingerprint density at radius 1 is 0.981 bits per heavy atom. The summed E-state index contributed by atoms with van der Waals surface area (Å²) in [6.07, 6.45) is 4.91. The number of carbonyl (C=O) groups excluding carboxylic acids is 5. The van der Waals surface area contributed by atoms with Gasteiger partial charge in [-0.3, -0.25) is 9.59 Å². The van der Waals surface area contributed by atoms with Crippen LogP contribution in [0.5, 0.6) is 0 Å². The number of hydrogen-bond donors (Lipinski definition) is 2. The number of likely N-dealkylation sites (tertiary alicyclic amines) is 1. The van der Waals surface area contributed by atoms with Crippen LogP contribution in [-0.4, -0.2) is 72.2 Å². The Balaban J connectivity index is 1.44. The van der Waals surface area contributed by atoms with Gasteiger partial charge in [-0.1, -0.05) is 50.3 Å². The van der Waals surface area contributed by atoms with E-state index in [2.05, 4.69) is 5.32 Å². The zero-order chi connectivity index (χ0) is 38.4. The molecule has 3 N–H and O–H groups in total. The summed E-state index contributed by atoms with van der Waals surface area (Å²) >= 11 is 0. The number of para-hydroxylation sites is 1. The Morgan fingerprint density at radius 3 is 2.28 bits per heavy atom. The van der Waals surface area contributed by atoms with Crippen LogP contribution in [0.15, 0.2) is 28.7 Å². The molecular formula is C39H54FN3O10. The Kier molecular flexibility index (Phi) is 12.9. The highest BCUT2D eigenvalue weighted by Gasteiger charge is 2.53. The lowest BCUT2D eigenvalue weighted by Crippen LogP contribution is -2.51. The minimum atomic E-state index is -1.00. The first-order chi connectivity index (χ1) is 25.2. The summed E-state index contributed by atoms with van der Waals surface area (Å²) in [4.78, 5) is 67.9. The molecule has 0 bridgehead atoms. The van der Waals surface area contributed by atoms with Crippen molar-refractivity contribution >= 4 is 41.0 Å². The first-order valence-corrected chi connectivity index (χ1v) is 18.9. The van der Waals surface area contributed by atoms with Gasteiger partial charge in [-0.05, 0) is 90.5 Å². The second-order valence-electron chi connectivity index (χ2n) is 15.9. The van der Waals surface area contributed by atoms with Crippen molar-refractivity contribution in [3.8, 4) is 0 Å². The monoisotopic (exact) mass is 743 g/mol. The van der Waals surface area contributed by atoms with Crippen LogP contribution < -0.4 is 11.1 Å². The number of nitrogens with one attached hydrogen (secondary N) is 1. The molecule has 3 aliphatic rings. The van der Waals surface area contributed by atoms with Crippen LogP contribution in [0.2, 0.25) is 0 Å². The second-order valence-corrected chi connectivity index (χ2v) is 15.9.